The van der Waals surface area contributed by atoms with Crippen LogP contribution in [0.3, 0.4) is 0 Å². The second-order valence-electron chi connectivity index (χ2n) is 7.79. The molecule has 0 bridgehead atoms. The predicted molar refractivity (Wildman–Crippen MR) is 115 cm³/mol. The van der Waals surface area contributed by atoms with Crippen LogP contribution >= 0.6 is 12.2 Å². The first-order valence-corrected chi connectivity index (χ1v) is 10.6. The molecule has 2 saturated heterocycles. The number of nitrogens with one attached hydrogen (secondary N) is 1. The van der Waals surface area contributed by atoms with Gasteiger partial charge < -0.3 is 15.1 Å². The standard InChI is InChI=1S/C21H32N4OS/c1-17-7-8-19(15-18(17)2)22-21(27)25-13-11-23(12-14-25)16-20(26)24-9-5-3-4-6-10-24/h7-8,15H,3-6,9-14,16H2,1-2H3,(H,22,27). The normalized spacial score (nSPS) is 18.9. The van der Waals surface area contributed by atoms with E-state index in [0.717, 1.165) is 62.9 Å². The molecule has 1 N–H and O–H groups in total. The van der Waals surface area contributed by atoms with Gasteiger partial charge in [0.1, 0.15) is 0 Å². The fourth-order valence-corrected chi connectivity index (χ4v) is 4.04. The Labute approximate surface area is 168 Å². The number of hydrogen-bond acceptors (Lipinski definition) is 3. The zero-order valence-corrected chi connectivity index (χ0v) is 17.5. The average Bonchev–Trinajstić information content (AvgIpc) is 2.95. The fraction of sp³-hybridized carbons (Fsp3) is 0.619. The topological polar surface area (TPSA) is 38.8 Å². The number of anilines is 1. The first-order valence-electron chi connectivity index (χ1n) is 10.2. The van der Waals surface area contributed by atoms with E-state index in [0.29, 0.717) is 12.5 Å². The first-order chi connectivity index (χ1) is 13.0. The van der Waals surface area contributed by atoms with Crippen LogP contribution in [0.15, 0.2) is 18.2 Å². The summed E-state index contributed by atoms with van der Waals surface area (Å²) in [4.78, 5) is 19.1. The number of carbonyl (C=O) groups excluding carboxylic acids is 1. The van der Waals surface area contributed by atoms with Gasteiger partial charge in [-0.25, -0.2) is 0 Å². The molecule has 1 amide bonds. The molecular formula is C21H32N4OS. The third-order valence-electron chi connectivity index (χ3n) is 5.74. The van der Waals surface area contributed by atoms with Crippen LogP contribution in [0.2, 0.25) is 0 Å². The van der Waals surface area contributed by atoms with E-state index in [9.17, 15) is 4.79 Å². The van der Waals surface area contributed by atoms with E-state index in [1.807, 2.05) is 0 Å². The third-order valence-corrected chi connectivity index (χ3v) is 6.10. The number of likely N-dealkylation sites (tertiary alicyclic amines) is 1. The molecule has 2 fully saturated rings. The van der Waals surface area contributed by atoms with Crippen LogP contribution in [0.25, 0.3) is 0 Å². The summed E-state index contributed by atoms with van der Waals surface area (Å²) in [5, 5.41) is 4.13. The highest BCUT2D eigenvalue weighted by atomic mass is 32.1. The Kier molecular flexibility index (Phi) is 7.07. The lowest BCUT2D eigenvalue weighted by atomic mass is 10.1. The lowest BCUT2D eigenvalue weighted by Gasteiger charge is -2.36. The number of nitrogens with zero attached hydrogens (tertiary/aromatic N) is 3. The van der Waals surface area contributed by atoms with Gasteiger partial charge in [0.2, 0.25) is 5.91 Å². The molecule has 0 radical (unpaired) electrons. The molecule has 0 aliphatic carbocycles. The van der Waals surface area contributed by atoms with Crippen molar-refractivity contribution in [3.8, 4) is 0 Å². The number of thiocarbonyl (C=S) groups is 1. The quantitative estimate of drug-likeness (QED) is 0.806. The summed E-state index contributed by atoms with van der Waals surface area (Å²) in [6.45, 7) is 10.1. The Bertz CT molecular complexity index is 662. The maximum Gasteiger partial charge on any atom is 0.236 e. The third kappa shape index (κ3) is 5.66. The minimum absolute atomic E-state index is 0.293. The molecule has 6 heteroatoms. The van der Waals surface area contributed by atoms with Gasteiger partial charge >= 0.3 is 0 Å². The Morgan fingerprint density at radius 1 is 0.926 bits per heavy atom. The predicted octanol–water partition coefficient (Wildman–Crippen LogP) is 3.02. The van der Waals surface area contributed by atoms with Crippen molar-refractivity contribution in [1.82, 2.24) is 14.7 Å². The number of benzene rings is 1. The van der Waals surface area contributed by atoms with E-state index in [2.05, 4.69) is 52.1 Å². The summed E-state index contributed by atoms with van der Waals surface area (Å²) in [5.74, 6) is 0.293. The summed E-state index contributed by atoms with van der Waals surface area (Å²) < 4.78 is 0. The average molecular weight is 389 g/mol. The van der Waals surface area contributed by atoms with Crippen LogP contribution in [-0.4, -0.2) is 71.5 Å². The lowest BCUT2D eigenvalue weighted by molar-refractivity contribution is -0.132. The molecular weight excluding hydrogens is 356 g/mol. The van der Waals surface area contributed by atoms with Crippen molar-refractivity contribution < 1.29 is 4.79 Å². The molecule has 1 aromatic rings. The minimum Gasteiger partial charge on any atom is -0.346 e. The maximum atomic E-state index is 12.6. The molecule has 2 aliphatic heterocycles. The van der Waals surface area contributed by atoms with Crippen molar-refractivity contribution in [2.75, 3.05) is 51.1 Å². The van der Waals surface area contributed by atoms with Crippen molar-refractivity contribution in [2.45, 2.75) is 39.5 Å². The van der Waals surface area contributed by atoms with Gasteiger partial charge in [-0.15, -0.1) is 0 Å². The van der Waals surface area contributed by atoms with Crippen LogP contribution in [0.4, 0.5) is 5.69 Å². The summed E-state index contributed by atoms with van der Waals surface area (Å²) in [6, 6.07) is 6.33. The monoisotopic (exact) mass is 388 g/mol. The summed E-state index contributed by atoms with van der Waals surface area (Å²) in [6.07, 6.45) is 4.82. The Morgan fingerprint density at radius 2 is 1.59 bits per heavy atom. The number of hydrogen-bond donors (Lipinski definition) is 1. The van der Waals surface area contributed by atoms with Gasteiger partial charge in [-0.3, -0.25) is 9.69 Å². The van der Waals surface area contributed by atoms with Gasteiger partial charge in [-0.05, 0) is 62.2 Å². The lowest BCUT2D eigenvalue weighted by Crippen LogP contribution is -2.52. The summed E-state index contributed by atoms with van der Waals surface area (Å²) >= 11 is 5.60. The number of amides is 1. The second kappa shape index (κ2) is 9.51. The summed E-state index contributed by atoms with van der Waals surface area (Å²) in [7, 11) is 0. The molecule has 27 heavy (non-hydrogen) atoms. The molecule has 2 heterocycles. The molecule has 148 valence electrons. The molecule has 1 aromatic carbocycles. The maximum absolute atomic E-state index is 12.6. The van der Waals surface area contributed by atoms with Gasteiger partial charge in [0, 0.05) is 45.0 Å². The smallest absolute Gasteiger partial charge is 0.236 e. The minimum atomic E-state index is 0.293. The summed E-state index contributed by atoms with van der Waals surface area (Å²) in [5.41, 5.74) is 3.59. The van der Waals surface area contributed by atoms with Gasteiger partial charge in [0.25, 0.3) is 0 Å². The molecule has 3 rings (SSSR count). The van der Waals surface area contributed by atoms with Crippen molar-refractivity contribution >= 4 is 28.9 Å². The van der Waals surface area contributed by atoms with Gasteiger partial charge in [-0.2, -0.15) is 0 Å². The first kappa shape index (κ1) is 20.1. The van der Waals surface area contributed by atoms with Gasteiger partial charge in [-0.1, -0.05) is 18.9 Å². The van der Waals surface area contributed by atoms with Gasteiger partial charge in [0.05, 0.1) is 6.54 Å². The number of aryl methyl sites for hydroxylation is 2. The second-order valence-corrected chi connectivity index (χ2v) is 8.17. The fourth-order valence-electron chi connectivity index (χ4n) is 3.74. The van der Waals surface area contributed by atoms with E-state index in [4.69, 9.17) is 12.2 Å². The Morgan fingerprint density at radius 3 is 2.22 bits per heavy atom. The Balaban J connectivity index is 1.44. The molecule has 0 spiro atoms. The highest BCUT2D eigenvalue weighted by Gasteiger charge is 2.23. The molecule has 0 unspecified atom stereocenters. The van der Waals surface area contributed by atoms with Crippen LogP contribution < -0.4 is 5.32 Å². The number of rotatable bonds is 3. The van der Waals surface area contributed by atoms with Crippen LogP contribution in [0, 0.1) is 13.8 Å². The molecule has 0 saturated carbocycles. The van der Waals surface area contributed by atoms with E-state index in [1.54, 1.807) is 0 Å². The van der Waals surface area contributed by atoms with E-state index >= 15 is 0 Å². The number of piperazine rings is 1. The zero-order chi connectivity index (χ0) is 19.2. The van der Waals surface area contributed by atoms with Crippen LogP contribution in [-0.2, 0) is 4.79 Å². The molecule has 2 aliphatic rings. The largest absolute Gasteiger partial charge is 0.346 e. The van der Waals surface area contributed by atoms with Gasteiger partial charge in [0.15, 0.2) is 5.11 Å². The number of carbonyl (C=O) groups is 1. The Hall–Kier alpha value is -1.66. The molecule has 0 aromatic heterocycles. The highest BCUT2D eigenvalue weighted by molar-refractivity contribution is 7.80. The zero-order valence-electron chi connectivity index (χ0n) is 16.7. The molecule has 0 atom stereocenters. The van der Waals surface area contributed by atoms with Crippen molar-refractivity contribution in [3.05, 3.63) is 29.3 Å². The van der Waals surface area contributed by atoms with Crippen LogP contribution in [0.5, 0.6) is 0 Å². The van der Waals surface area contributed by atoms with Crippen molar-refractivity contribution in [1.29, 1.82) is 0 Å². The van der Waals surface area contributed by atoms with E-state index in [-0.39, 0.29) is 0 Å². The van der Waals surface area contributed by atoms with Crippen LogP contribution in [0.1, 0.15) is 36.8 Å². The van der Waals surface area contributed by atoms with Crippen molar-refractivity contribution in [3.63, 3.8) is 0 Å². The van der Waals surface area contributed by atoms with Crippen molar-refractivity contribution in [2.24, 2.45) is 0 Å². The SMILES string of the molecule is Cc1ccc(NC(=S)N2CCN(CC(=O)N3CCCCCC3)CC2)cc1C. The van der Waals surface area contributed by atoms with E-state index < -0.39 is 0 Å². The van der Waals surface area contributed by atoms with E-state index in [1.165, 1.54) is 24.0 Å². The highest BCUT2D eigenvalue weighted by Crippen LogP contribution is 2.16. The molecule has 5 nitrogen and oxygen atoms in total.